The Morgan fingerprint density at radius 3 is 1.89 bits per heavy atom. The van der Waals surface area contributed by atoms with Crippen LogP contribution in [0, 0.1) is 5.92 Å². The summed E-state index contributed by atoms with van der Waals surface area (Å²) in [6.45, 7) is 7.37. The highest BCUT2D eigenvalue weighted by atomic mass is 28.3. The Hall–Kier alpha value is 0.0869. The minimum Gasteiger partial charge on any atom is -0.0657 e. The summed E-state index contributed by atoms with van der Waals surface area (Å²) in [6, 6.07) is 1.49. The predicted molar refractivity (Wildman–Crippen MR) is 45.2 cm³/mol. The molecule has 0 saturated heterocycles. The van der Waals surface area contributed by atoms with Crippen molar-refractivity contribution in [1.29, 1.82) is 0 Å². The maximum absolute atomic E-state index is 2.46. The molecule has 9 heavy (non-hydrogen) atoms. The monoisotopic (exact) mass is 141 g/mol. The average molecular weight is 141 g/mol. The average Bonchev–Trinajstić information content (AvgIpc) is 1.53. The van der Waals surface area contributed by atoms with Crippen LogP contribution in [0.2, 0.25) is 25.7 Å². The minimum atomic E-state index is -0.727. The second-order valence-electron chi connectivity index (χ2n) is 4.34. The number of rotatable bonds is 2. The van der Waals surface area contributed by atoms with Crippen LogP contribution in [0.25, 0.3) is 0 Å². The predicted octanol–water partition coefficient (Wildman–Crippen LogP) is 3.08. The first-order valence-electron chi connectivity index (χ1n) is 3.91. The molecule has 0 aromatic heterocycles. The van der Waals surface area contributed by atoms with Crippen molar-refractivity contribution in [3.8, 4) is 0 Å². The Bertz CT molecular complexity index is 87.2. The van der Waals surface area contributed by atoms with Gasteiger partial charge >= 0.3 is 0 Å². The van der Waals surface area contributed by atoms with Gasteiger partial charge in [-0.1, -0.05) is 19.6 Å². The summed E-state index contributed by atoms with van der Waals surface area (Å²) in [5, 5.41) is 0. The zero-order valence-electron chi connectivity index (χ0n) is 6.83. The summed E-state index contributed by atoms with van der Waals surface area (Å²) in [4.78, 5) is 0. The molecule has 0 unspecified atom stereocenters. The van der Waals surface area contributed by atoms with E-state index < -0.39 is 8.07 Å². The van der Waals surface area contributed by atoms with Gasteiger partial charge in [0.25, 0.3) is 0 Å². The number of hydrogen-bond donors (Lipinski definition) is 0. The van der Waals surface area contributed by atoms with Crippen LogP contribution in [-0.4, -0.2) is 8.07 Å². The fraction of sp³-hybridized carbons (Fsp3) is 0.875. The van der Waals surface area contributed by atoms with Crippen molar-refractivity contribution in [2.24, 2.45) is 0 Å². The van der Waals surface area contributed by atoms with E-state index in [-0.39, 0.29) is 0 Å². The molecule has 0 aliphatic heterocycles. The lowest BCUT2D eigenvalue weighted by atomic mass is 9.87. The zero-order valence-corrected chi connectivity index (χ0v) is 7.83. The summed E-state index contributed by atoms with van der Waals surface area (Å²) >= 11 is 0. The quantitative estimate of drug-likeness (QED) is 0.409. The molecule has 0 atom stereocenters. The van der Waals surface area contributed by atoms with Crippen LogP contribution in [-0.2, 0) is 0 Å². The molecule has 1 aliphatic carbocycles. The zero-order chi connectivity index (χ0) is 6.91. The van der Waals surface area contributed by atoms with Crippen molar-refractivity contribution in [2.75, 3.05) is 0 Å². The van der Waals surface area contributed by atoms with Gasteiger partial charge < -0.3 is 0 Å². The van der Waals surface area contributed by atoms with E-state index in [2.05, 4.69) is 19.6 Å². The first kappa shape index (κ1) is 7.20. The van der Waals surface area contributed by atoms with Gasteiger partial charge in [0.1, 0.15) is 0 Å². The van der Waals surface area contributed by atoms with E-state index in [4.69, 9.17) is 0 Å². The van der Waals surface area contributed by atoms with Crippen LogP contribution in [0.3, 0.4) is 0 Å². The molecule has 0 spiro atoms. The largest absolute Gasteiger partial charge is 0.0982 e. The Morgan fingerprint density at radius 1 is 1.22 bits per heavy atom. The summed E-state index contributed by atoms with van der Waals surface area (Å²) in [6.07, 6.45) is 4.37. The third-order valence-corrected chi connectivity index (χ3v) is 3.40. The molecule has 0 radical (unpaired) electrons. The van der Waals surface area contributed by atoms with E-state index in [1.54, 1.807) is 0 Å². The summed E-state index contributed by atoms with van der Waals surface area (Å²) in [7, 11) is -0.727. The van der Waals surface area contributed by atoms with E-state index in [0.29, 0.717) is 0 Å². The van der Waals surface area contributed by atoms with Gasteiger partial charge in [-0.15, -0.1) is 0 Å². The topological polar surface area (TPSA) is 0 Å². The van der Waals surface area contributed by atoms with Gasteiger partial charge in [-0.25, -0.2) is 0 Å². The molecular weight excluding hydrogens is 124 g/mol. The highest BCUT2D eigenvalue weighted by molar-refractivity contribution is 6.76. The molecule has 1 heteroatoms. The normalized spacial score (nSPS) is 19.7. The molecule has 1 aliphatic rings. The third kappa shape index (κ3) is 2.44. The van der Waals surface area contributed by atoms with Crippen LogP contribution < -0.4 is 0 Å². The van der Waals surface area contributed by atoms with Gasteiger partial charge in [0.15, 0.2) is 0 Å². The Kier molecular flexibility index (Phi) is 1.90. The van der Waals surface area contributed by atoms with E-state index in [0.717, 1.165) is 0 Å². The minimum absolute atomic E-state index is 0.727. The highest BCUT2D eigenvalue weighted by Gasteiger charge is 2.34. The summed E-state index contributed by atoms with van der Waals surface area (Å²) in [5.74, 6) is 1.86. The van der Waals surface area contributed by atoms with Gasteiger partial charge in [-0.3, -0.25) is 0 Å². The van der Waals surface area contributed by atoms with Gasteiger partial charge in [-0.2, -0.15) is 0 Å². The molecule has 52 valence electrons. The van der Waals surface area contributed by atoms with Gasteiger partial charge in [-0.05, 0) is 0 Å². The first-order valence-corrected chi connectivity index (χ1v) is 7.62. The van der Waals surface area contributed by atoms with Crippen LogP contribution in [0.5, 0.6) is 0 Å². The van der Waals surface area contributed by atoms with Gasteiger partial charge in [0, 0.05) is 6.42 Å². The van der Waals surface area contributed by atoms with Crippen LogP contribution in [0.15, 0.2) is 0 Å². The molecule has 1 saturated carbocycles. The van der Waals surface area contributed by atoms with Crippen molar-refractivity contribution in [3.05, 3.63) is 5.92 Å². The second kappa shape index (κ2) is 2.37. The molecule has 0 aromatic carbocycles. The molecule has 1 fully saturated rings. The lowest BCUT2D eigenvalue weighted by Crippen LogP contribution is -2.25. The fourth-order valence-corrected chi connectivity index (χ4v) is 3.21. The van der Waals surface area contributed by atoms with E-state index >= 15 is 0 Å². The maximum atomic E-state index is 2.46. The van der Waals surface area contributed by atoms with E-state index in [1.165, 1.54) is 25.3 Å². The molecule has 0 amide bonds. The SMILES string of the molecule is C[Si](C)(C)C[C+]1CCC1. The standard InChI is InChI=1S/C8H17Si/c1-9(2,3)7-8-5-4-6-8/h4-7H2,1-3H3/q+1. The van der Waals surface area contributed by atoms with E-state index in [1.807, 2.05) is 5.92 Å². The molecule has 0 aromatic rings. The van der Waals surface area contributed by atoms with Crippen molar-refractivity contribution < 1.29 is 0 Å². The second-order valence-corrected chi connectivity index (χ2v) is 9.82. The molecule has 0 bridgehead atoms. The van der Waals surface area contributed by atoms with Gasteiger partial charge in [0.05, 0.1) is 32.9 Å². The van der Waals surface area contributed by atoms with E-state index in [9.17, 15) is 0 Å². The van der Waals surface area contributed by atoms with Crippen molar-refractivity contribution in [1.82, 2.24) is 0 Å². The third-order valence-electron chi connectivity index (χ3n) is 1.84. The summed E-state index contributed by atoms with van der Waals surface area (Å²) < 4.78 is 0. The molecule has 0 nitrogen and oxygen atoms in total. The first-order chi connectivity index (χ1) is 4.08. The molecule has 0 heterocycles. The highest BCUT2D eigenvalue weighted by Crippen LogP contribution is 2.35. The molecule has 0 N–H and O–H groups in total. The van der Waals surface area contributed by atoms with Gasteiger partial charge in [0.2, 0.25) is 0 Å². The molecular formula is C8H17Si+. The van der Waals surface area contributed by atoms with Crippen LogP contribution in [0.4, 0.5) is 0 Å². The Labute approximate surface area is 59.7 Å². The number of hydrogen-bond acceptors (Lipinski definition) is 0. The molecule has 1 rings (SSSR count). The van der Waals surface area contributed by atoms with Crippen molar-refractivity contribution in [3.63, 3.8) is 0 Å². The smallest absolute Gasteiger partial charge is 0.0657 e. The lowest BCUT2D eigenvalue weighted by molar-refractivity contribution is 0.553. The van der Waals surface area contributed by atoms with Crippen LogP contribution >= 0.6 is 0 Å². The summed E-state index contributed by atoms with van der Waals surface area (Å²) in [5.41, 5.74) is 0. The van der Waals surface area contributed by atoms with Crippen LogP contribution in [0.1, 0.15) is 19.3 Å². The lowest BCUT2D eigenvalue weighted by Gasteiger charge is -2.20. The Balaban J connectivity index is 2.16. The fourth-order valence-electron chi connectivity index (χ4n) is 1.35. The van der Waals surface area contributed by atoms with Crippen molar-refractivity contribution in [2.45, 2.75) is 44.9 Å². The maximum Gasteiger partial charge on any atom is 0.0982 e. The van der Waals surface area contributed by atoms with Crippen molar-refractivity contribution >= 4 is 8.07 Å². The Morgan fingerprint density at radius 2 is 1.78 bits per heavy atom.